The second kappa shape index (κ2) is 8.08. The zero-order valence-electron chi connectivity index (χ0n) is 11.4. The van der Waals surface area contributed by atoms with Crippen molar-refractivity contribution in [2.24, 2.45) is 5.92 Å². The van der Waals surface area contributed by atoms with E-state index in [1.54, 1.807) is 0 Å². The highest BCUT2D eigenvalue weighted by molar-refractivity contribution is 4.74. The molecule has 0 aliphatic carbocycles. The largest absolute Gasteiger partial charge is 0.315 e. The number of hydrogen-bond acceptors (Lipinski definition) is 3. The standard InChI is InChI=1S/C12H29N3/c1-7-11(2)12(13-3)10-15(6)9-8-14(4)5/h11-13H,7-10H2,1-6H3. The molecule has 92 valence electrons. The lowest BCUT2D eigenvalue weighted by atomic mass is 9.99. The number of rotatable bonds is 8. The summed E-state index contributed by atoms with van der Waals surface area (Å²) in [6.07, 6.45) is 1.24. The van der Waals surface area contributed by atoms with Gasteiger partial charge in [0.15, 0.2) is 0 Å². The van der Waals surface area contributed by atoms with Crippen LogP contribution >= 0.6 is 0 Å². The summed E-state index contributed by atoms with van der Waals surface area (Å²) >= 11 is 0. The number of nitrogens with zero attached hydrogens (tertiary/aromatic N) is 2. The van der Waals surface area contributed by atoms with Crippen LogP contribution < -0.4 is 5.32 Å². The fourth-order valence-corrected chi connectivity index (χ4v) is 1.64. The first-order chi connectivity index (χ1) is 7.01. The molecule has 15 heavy (non-hydrogen) atoms. The van der Waals surface area contributed by atoms with Crippen molar-refractivity contribution < 1.29 is 0 Å². The third-order valence-corrected chi connectivity index (χ3v) is 3.14. The van der Waals surface area contributed by atoms with Crippen LogP contribution in [0.25, 0.3) is 0 Å². The van der Waals surface area contributed by atoms with Crippen molar-refractivity contribution >= 4 is 0 Å². The predicted octanol–water partition coefficient (Wildman–Crippen LogP) is 1.11. The van der Waals surface area contributed by atoms with Gasteiger partial charge in [-0.3, -0.25) is 0 Å². The molecule has 0 heterocycles. The highest BCUT2D eigenvalue weighted by Crippen LogP contribution is 2.08. The summed E-state index contributed by atoms with van der Waals surface area (Å²) in [6.45, 7) is 7.99. The highest BCUT2D eigenvalue weighted by Gasteiger charge is 2.15. The van der Waals surface area contributed by atoms with Crippen LogP contribution in [0.2, 0.25) is 0 Å². The molecular formula is C12H29N3. The Hall–Kier alpha value is -0.120. The normalized spacial score (nSPS) is 16.0. The lowest BCUT2D eigenvalue weighted by molar-refractivity contribution is 0.231. The van der Waals surface area contributed by atoms with Gasteiger partial charge in [-0.2, -0.15) is 0 Å². The zero-order valence-corrected chi connectivity index (χ0v) is 11.4. The lowest BCUT2D eigenvalue weighted by Gasteiger charge is -2.28. The van der Waals surface area contributed by atoms with Gasteiger partial charge in [-0.25, -0.2) is 0 Å². The minimum atomic E-state index is 0.613. The minimum absolute atomic E-state index is 0.613. The molecule has 3 heteroatoms. The molecule has 0 radical (unpaired) electrons. The van der Waals surface area contributed by atoms with Crippen LogP contribution in [0.3, 0.4) is 0 Å². The minimum Gasteiger partial charge on any atom is -0.315 e. The Labute approximate surface area is 95.8 Å². The summed E-state index contributed by atoms with van der Waals surface area (Å²) in [5, 5.41) is 3.42. The molecule has 0 aliphatic heterocycles. The fourth-order valence-electron chi connectivity index (χ4n) is 1.64. The van der Waals surface area contributed by atoms with Gasteiger partial charge in [0.1, 0.15) is 0 Å². The van der Waals surface area contributed by atoms with Crippen LogP contribution in [-0.4, -0.2) is 63.7 Å². The molecule has 0 saturated heterocycles. The summed E-state index contributed by atoms with van der Waals surface area (Å²) in [5.74, 6) is 0.747. The molecule has 3 nitrogen and oxygen atoms in total. The second-order valence-electron chi connectivity index (χ2n) is 4.85. The monoisotopic (exact) mass is 215 g/mol. The summed E-state index contributed by atoms with van der Waals surface area (Å²) in [6, 6.07) is 0.613. The summed E-state index contributed by atoms with van der Waals surface area (Å²) in [5.41, 5.74) is 0. The summed E-state index contributed by atoms with van der Waals surface area (Å²) < 4.78 is 0. The van der Waals surface area contributed by atoms with Crippen molar-refractivity contribution in [3.63, 3.8) is 0 Å². The van der Waals surface area contributed by atoms with Crippen LogP contribution in [0.5, 0.6) is 0 Å². The van der Waals surface area contributed by atoms with Crippen molar-refractivity contribution in [1.29, 1.82) is 0 Å². The third-order valence-electron chi connectivity index (χ3n) is 3.14. The van der Waals surface area contributed by atoms with Crippen molar-refractivity contribution in [2.75, 3.05) is 47.8 Å². The van der Waals surface area contributed by atoms with E-state index in [0.29, 0.717) is 6.04 Å². The molecule has 0 aromatic heterocycles. The first-order valence-corrected chi connectivity index (χ1v) is 6.01. The highest BCUT2D eigenvalue weighted by atomic mass is 15.2. The molecule has 2 unspecified atom stereocenters. The molecule has 0 amide bonds. The average Bonchev–Trinajstić information content (AvgIpc) is 2.21. The zero-order chi connectivity index (χ0) is 11.8. The molecular weight excluding hydrogens is 186 g/mol. The molecule has 0 aromatic carbocycles. The number of likely N-dealkylation sites (N-methyl/N-ethyl adjacent to an activating group) is 3. The fraction of sp³-hybridized carbons (Fsp3) is 1.00. The Morgan fingerprint density at radius 1 is 1.13 bits per heavy atom. The van der Waals surface area contributed by atoms with Crippen LogP contribution in [-0.2, 0) is 0 Å². The molecule has 0 saturated carbocycles. The molecule has 1 N–H and O–H groups in total. The van der Waals surface area contributed by atoms with Crippen molar-refractivity contribution in [3.05, 3.63) is 0 Å². The summed E-state index contributed by atoms with van der Waals surface area (Å²) in [7, 11) is 8.52. The van der Waals surface area contributed by atoms with E-state index in [-0.39, 0.29) is 0 Å². The Morgan fingerprint density at radius 2 is 1.73 bits per heavy atom. The maximum atomic E-state index is 3.42. The van der Waals surface area contributed by atoms with Gasteiger partial charge in [-0.05, 0) is 34.1 Å². The van der Waals surface area contributed by atoms with Crippen LogP contribution in [0.4, 0.5) is 0 Å². The van der Waals surface area contributed by atoms with E-state index in [4.69, 9.17) is 0 Å². The maximum absolute atomic E-state index is 3.42. The average molecular weight is 215 g/mol. The van der Waals surface area contributed by atoms with Crippen molar-refractivity contribution in [2.45, 2.75) is 26.3 Å². The molecule has 0 aromatic rings. The van der Waals surface area contributed by atoms with E-state index in [2.05, 4.69) is 57.2 Å². The molecule has 0 fully saturated rings. The van der Waals surface area contributed by atoms with Gasteiger partial charge in [0.25, 0.3) is 0 Å². The first-order valence-electron chi connectivity index (χ1n) is 6.01. The third kappa shape index (κ3) is 6.88. The smallest absolute Gasteiger partial charge is 0.0217 e. The van der Waals surface area contributed by atoms with Gasteiger partial charge in [0, 0.05) is 25.7 Å². The first kappa shape index (κ1) is 14.9. The van der Waals surface area contributed by atoms with Crippen LogP contribution in [0.15, 0.2) is 0 Å². The van der Waals surface area contributed by atoms with Gasteiger partial charge < -0.3 is 15.1 Å². The van der Waals surface area contributed by atoms with Gasteiger partial charge in [0.2, 0.25) is 0 Å². The van der Waals surface area contributed by atoms with Gasteiger partial charge >= 0.3 is 0 Å². The van der Waals surface area contributed by atoms with Crippen LogP contribution in [0, 0.1) is 5.92 Å². The SMILES string of the molecule is CCC(C)C(CN(C)CCN(C)C)NC. The molecule has 0 aliphatic rings. The summed E-state index contributed by atoms with van der Waals surface area (Å²) in [4.78, 5) is 4.64. The van der Waals surface area contributed by atoms with Gasteiger partial charge in [-0.1, -0.05) is 20.3 Å². The van der Waals surface area contributed by atoms with E-state index >= 15 is 0 Å². The van der Waals surface area contributed by atoms with E-state index in [1.165, 1.54) is 6.42 Å². The topological polar surface area (TPSA) is 18.5 Å². The Morgan fingerprint density at radius 3 is 2.13 bits per heavy atom. The quantitative estimate of drug-likeness (QED) is 0.654. The van der Waals surface area contributed by atoms with Gasteiger partial charge in [-0.15, -0.1) is 0 Å². The Bertz CT molecular complexity index is 148. The second-order valence-corrected chi connectivity index (χ2v) is 4.85. The van der Waals surface area contributed by atoms with Crippen molar-refractivity contribution in [3.8, 4) is 0 Å². The van der Waals surface area contributed by atoms with E-state index in [0.717, 1.165) is 25.6 Å². The van der Waals surface area contributed by atoms with E-state index in [9.17, 15) is 0 Å². The predicted molar refractivity (Wildman–Crippen MR) is 68.4 cm³/mol. The Balaban J connectivity index is 3.85. The van der Waals surface area contributed by atoms with E-state index in [1.807, 2.05) is 0 Å². The molecule has 0 rings (SSSR count). The molecule has 2 atom stereocenters. The van der Waals surface area contributed by atoms with Crippen LogP contribution in [0.1, 0.15) is 20.3 Å². The number of nitrogens with one attached hydrogen (secondary N) is 1. The lowest BCUT2D eigenvalue weighted by Crippen LogP contribution is -2.43. The Kier molecular flexibility index (Phi) is 8.02. The van der Waals surface area contributed by atoms with Crippen molar-refractivity contribution in [1.82, 2.24) is 15.1 Å². The van der Waals surface area contributed by atoms with Gasteiger partial charge in [0.05, 0.1) is 0 Å². The van der Waals surface area contributed by atoms with E-state index < -0.39 is 0 Å². The molecule has 0 spiro atoms. The molecule has 0 bridgehead atoms. The number of hydrogen-bond donors (Lipinski definition) is 1. The maximum Gasteiger partial charge on any atom is 0.0217 e.